The molecule has 0 saturated carbocycles. The number of rotatable bonds is 6. The molecule has 1 rings (SSSR count). The fourth-order valence-electron chi connectivity index (χ4n) is 1.79. The van der Waals surface area contributed by atoms with E-state index in [1.807, 2.05) is 13.0 Å². The maximum atomic E-state index is 13.5. The molecule has 0 amide bonds. The van der Waals surface area contributed by atoms with Crippen LogP contribution >= 0.6 is 15.9 Å². The van der Waals surface area contributed by atoms with Gasteiger partial charge < -0.3 is 5.32 Å². The third-order valence-corrected chi connectivity index (χ3v) is 3.50. The van der Waals surface area contributed by atoms with Crippen LogP contribution in [0.15, 0.2) is 34.8 Å². The van der Waals surface area contributed by atoms with E-state index in [4.69, 9.17) is 0 Å². The Morgan fingerprint density at radius 2 is 2.24 bits per heavy atom. The third-order valence-electron chi connectivity index (χ3n) is 2.67. The van der Waals surface area contributed by atoms with Crippen molar-refractivity contribution in [3.63, 3.8) is 0 Å². The van der Waals surface area contributed by atoms with E-state index in [0.717, 1.165) is 30.5 Å². The summed E-state index contributed by atoms with van der Waals surface area (Å²) in [5.41, 5.74) is 2.13. The molecule has 1 nitrogen and oxygen atoms in total. The third kappa shape index (κ3) is 4.25. The SMILES string of the molecule is C=C(C)CCC(NCC)c1cccc(F)c1Br. The average molecular weight is 300 g/mol. The van der Waals surface area contributed by atoms with Crippen molar-refractivity contribution in [2.75, 3.05) is 6.54 Å². The smallest absolute Gasteiger partial charge is 0.137 e. The zero-order valence-electron chi connectivity index (χ0n) is 10.4. The molecule has 1 N–H and O–H groups in total. The number of hydrogen-bond donors (Lipinski definition) is 1. The molecule has 1 atom stereocenters. The average Bonchev–Trinajstić information content (AvgIpc) is 2.28. The van der Waals surface area contributed by atoms with Gasteiger partial charge >= 0.3 is 0 Å². The monoisotopic (exact) mass is 299 g/mol. The number of benzene rings is 1. The first-order valence-electron chi connectivity index (χ1n) is 5.88. The summed E-state index contributed by atoms with van der Waals surface area (Å²) in [6.45, 7) is 8.85. The van der Waals surface area contributed by atoms with Crippen LogP contribution in [0.5, 0.6) is 0 Å². The van der Waals surface area contributed by atoms with Gasteiger partial charge in [0.2, 0.25) is 0 Å². The van der Waals surface area contributed by atoms with Crippen LogP contribution in [0.2, 0.25) is 0 Å². The van der Waals surface area contributed by atoms with Gasteiger partial charge in [-0.3, -0.25) is 0 Å². The lowest BCUT2D eigenvalue weighted by molar-refractivity contribution is 0.507. The molecule has 1 aromatic rings. The molecule has 0 heterocycles. The highest BCUT2D eigenvalue weighted by Gasteiger charge is 2.15. The van der Waals surface area contributed by atoms with Gasteiger partial charge in [0.25, 0.3) is 0 Å². The molecule has 0 aliphatic heterocycles. The molecule has 3 heteroatoms. The van der Waals surface area contributed by atoms with E-state index in [2.05, 4.69) is 34.7 Å². The number of allylic oxidation sites excluding steroid dienone is 1. The van der Waals surface area contributed by atoms with Gasteiger partial charge in [0.05, 0.1) is 4.47 Å². The molecule has 1 aromatic carbocycles. The lowest BCUT2D eigenvalue weighted by atomic mass is 10.00. The molecule has 0 radical (unpaired) electrons. The van der Waals surface area contributed by atoms with Crippen LogP contribution in [0.25, 0.3) is 0 Å². The first-order valence-corrected chi connectivity index (χ1v) is 6.67. The molecule has 1 unspecified atom stereocenters. The highest BCUT2D eigenvalue weighted by Crippen LogP contribution is 2.29. The van der Waals surface area contributed by atoms with Crippen molar-refractivity contribution in [1.29, 1.82) is 0 Å². The quantitative estimate of drug-likeness (QED) is 0.757. The summed E-state index contributed by atoms with van der Waals surface area (Å²) in [5, 5.41) is 3.38. The van der Waals surface area contributed by atoms with Crippen LogP contribution in [-0.4, -0.2) is 6.54 Å². The summed E-state index contributed by atoms with van der Waals surface area (Å²) in [7, 11) is 0. The minimum absolute atomic E-state index is 0.168. The van der Waals surface area contributed by atoms with Crippen LogP contribution < -0.4 is 5.32 Å². The van der Waals surface area contributed by atoms with Gasteiger partial charge in [-0.25, -0.2) is 4.39 Å². The van der Waals surface area contributed by atoms with E-state index in [1.165, 1.54) is 6.07 Å². The summed E-state index contributed by atoms with van der Waals surface area (Å²) < 4.78 is 14.0. The zero-order chi connectivity index (χ0) is 12.8. The van der Waals surface area contributed by atoms with Crippen LogP contribution in [-0.2, 0) is 0 Å². The molecule has 0 fully saturated rings. The Hall–Kier alpha value is -0.670. The van der Waals surface area contributed by atoms with Gasteiger partial charge in [-0.2, -0.15) is 0 Å². The van der Waals surface area contributed by atoms with Gasteiger partial charge in [-0.1, -0.05) is 24.6 Å². The first kappa shape index (κ1) is 14.4. The number of halogens is 2. The van der Waals surface area contributed by atoms with Crippen molar-refractivity contribution in [3.05, 3.63) is 46.2 Å². The van der Waals surface area contributed by atoms with Gasteiger partial charge in [0, 0.05) is 6.04 Å². The molecule has 0 aromatic heterocycles. The van der Waals surface area contributed by atoms with Crippen molar-refractivity contribution in [1.82, 2.24) is 5.32 Å². The lowest BCUT2D eigenvalue weighted by Gasteiger charge is -2.20. The van der Waals surface area contributed by atoms with E-state index in [-0.39, 0.29) is 11.9 Å². The molecule has 0 bridgehead atoms. The minimum Gasteiger partial charge on any atom is -0.310 e. The van der Waals surface area contributed by atoms with E-state index in [0.29, 0.717) is 4.47 Å². The maximum Gasteiger partial charge on any atom is 0.137 e. The second kappa shape index (κ2) is 6.92. The minimum atomic E-state index is -0.208. The van der Waals surface area contributed by atoms with Crippen molar-refractivity contribution >= 4 is 15.9 Å². The van der Waals surface area contributed by atoms with Crippen molar-refractivity contribution in [2.24, 2.45) is 0 Å². The zero-order valence-corrected chi connectivity index (χ0v) is 12.0. The lowest BCUT2D eigenvalue weighted by Crippen LogP contribution is -2.21. The highest BCUT2D eigenvalue weighted by molar-refractivity contribution is 9.10. The van der Waals surface area contributed by atoms with Crippen LogP contribution in [0.3, 0.4) is 0 Å². The second-order valence-corrected chi connectivity index (χ2v) is 5.04. The maximum absolute atomic E-state index is 13.5. The summed E-state index contributed by atoms with van der Waals surface area (Å²) in [6, 6.07) is 5.34. The molecule has 0 saturated heterocycles. The van der Waals surface area contributed by atoms with E-state index < -0.39 is 0 Å². The largest absolute Gasteiger partial charge is 0.310 e. The Balaban J connectivity index is 2.88. The molecule has 17 heavy (non-hydrogen) atoms. The van der Waals surface area contributed by atoms with Crippen LogP contribution in [0.1, 0.15) is 38.3 Å². The molecule has 0 aliphatic carbocycles. The Labute approximate surface area is 111 Å². The van der Waals surface area contributed by atoms with Crippen molar-refractivity contribution < 1.29 is 4.39 Å². The van der Waals surface area contributed by atoms with Crippen molar-refractivity contribution in [3.8, 4) is 0 Å². The Bertz CT molecular complexity index is 390. The Kier molecular flexibility index (Phi) is 5.86. The van der Waals surface area contributed by atoms with Gasteiger partial charge in [0.1, 0.15) is 5.82 Å². The fourth-order valence-corrected chi connectivity index (χ4v) is 2.33. The Morgan fingerprint density at radius 1 is 1.53 bits per heavy atom. The normalized spacial score (nSPS) is 12.5. The fraction of sp³-hybridized carbons (Fsp3) is 0.429. The van der Waals surface area contributed by atoms with Gasteiger partial charge in [0.15, 0.2) is 0 Å². The topological polar surface area (TPSA) is 12.0 Å². The summed E-state index contributed by atoms with van der Waals surface area (Å²) in [4.78, 5) is 0. The first-order chi connectivity index (χ1) is 8.06. The second-order valence-electron chi connectivity index (χ2n) is 4.25. The predicted octanol–water partition coefficient (Wildman–Crippen LogP) is 4.60. The molecular formula is C14H19BrFN. The van der Waals surface area contributed by atoms with E-state index >= 15 is 0 Å². The van der Waals surface area contributed by atoms with E-state index in [9.17, 15) is 4.39 Å². The molecule has 0 spiro atoms. The standard InChI is InChI=1S/C14H19BrFN/c1-4-17-13(9-8-10(2)3)11-6-5-7-12(16)14(11)15/h5-7,13,17H,2,4,8-9H2,1,3H3. The van der Waals surface area contributed by atoms with Crippen LogP contribution in [0, 0.1) is 5.82 Å². The summed E-state index contributed by atoms with van der Waals surface area (Å²) in [6.07, 6.45) is 1.88. The van der Waals surface area contributed by atoms with Gasteiger partial charge in [-0.05, 0) is 53.9 Å². The predicted molar refractivity (Wildman–Crippen MR) is 74.6 cm³/mol. The van der Waals surface area contributed by atoms with Crippen LogP contribution in [0.4, 0.5) is 4.39 Å². The Morgan fingerprint density at radius 3 is 2.82 bits per heavy atom. The van der Waals surface area contributed by atoms with E-state index in [1.54, 1.807) is 6.07 Å². The van der Waals surface area contributed by atoms with Gasteiger partial charge in [-0.15, -0.1) is 6.58 Å². The highest BCUT2D eigenvalue weighted by atomic mass is 79.9. The summed E-state index contributed by atoms with van der Waals surface area (Å²) in [5.74, 6) is -0.208. The number of nitrogens with one attached hydrogen (secondary N) is 1. The molecule has 94 valence electrons. The molecule has 0 aliphatic rings. The molecular weight excluding hydrogens is 281 g/mol. The number of hydrogen-bond acceptors (Lipinski definition) is 1. The van der Waals surface area contributed by atoms with Crippen molar-refractivity contribution in [2.45, 2.75) is 32.7 Å². The summed E-state index contributed by atoms with van der Waals surface area (Å²) >= 11 is 3.32.